The highest BCUT2D eigenvalue weighted by atomic mass is 35.5. The van der Waals surface area contributed by atoms with Crippen molar-refractivity contribution in [3.8, 4) is 57.1 Å². The van der Waals surface area contributed by atoms with Gasteiger partial charge in [-0.25, -0.2) is 9.59 Å². The van der Waals surface area contributed by atoms with Crippen LogP contribution in [0, 0.1) is 0 Å². The normalized spacial score (nSPS) is 20.4. The number of hydrogen-bond acceptors (Lipinski definition) is 16. The van der Waals surface area contributed by atoms with Crippen LogP contribution in [-0.4, -0.2) is 92.4 Å². The molecule has 5 aliphatic heterocycles. The van der Waals surface area contributed by atoms with Gasteiger partial charge in [-0.2, -0.15) is 0 Å². The number of alkyl carbamates (subject to hydrolysis) is 1. The van der Waals surface area contributed by atoms with Crippen LogP contribution in [-0.2, 0) is 57.7 Å². The lowest BCUT2D eigenvalue weighted by Gasteiger charge is -2.31. The SMILES string of the molecule is COC(=O)[C@@H]1NC(=O)[C@H]2NC(=O)[C@H](NC(=O)[C@@H]3NC(=O)[C@H](Cc4ccccc4)NC(=O)[C@H](NC(=O)OCc4ccccc4)Cc4ccc(c(Cl)c4)Oc4cc3cc(c4O)Oc3ccc(cc3Cl)[C@@H]2O)c2ccc(O)c(c2)-c2c(O)cc(O)cc21. The molecule has 22 nitrogen and oxygen atoms in total. The molecule has 0 aliphatic carbocycles. The molecule has 11 N–H and O–H groups in total. The molecule has 430 valence electrons. The van der Waals surface area contributed by atoms with Crippen LogP contribution in [0.3, 0.4) is 0 Å². The molecule has 0 fully saturated rings. The maximum atomic E-state index is 15.6. The lowest BCUT2D eigenvalue weighted by molar-refractivity contribution is -0.146. The lowest BCUT2D eigenvalue weighted by atomic mass is 9.89. The molecule has 0 unspecified atom stereocenters. The Morgan fingerprint density at radius 2 is 1.23 bits per heavy atom. The minimum atomic E-state index is -2.09. The van der Waals surface area contributed by atoms with Crippen LogP contribution in [0.1, 0.15) is 63.2 Å². The molecular formula is C60H50Cl2N6O16. The number of carbonyl (C=O) groups is 7. The largest absolute Gasteiger partial charge is 0.508 e. The average Bonchev–Trinajstić information content (AvgIpc) is 3.67. The zero-order valence-corrected chi connectivity index (χ0v) is 45.4. The van der Waals surface area contributed by atoms with E-state index in [4.69, 9.17) is 42.1 Å². The van der Waals surface area contributed by atoms with Gasteiger partial charge in [0, 0.05) is 35.6 Å². The lowest BCUT2D eigenvalue weighted by Crippen LogP contribution is -2.57. The van der Waals surface area contributed by atoms with E-state index >= 15 is 14.4 Å². The fourth-order valence-electron chi connectivity index (χ4n) is 9.87. The van der Waals surface area contributed by atoms with Crippen molar-refractivity contribution in [2.75, 3.05) is 7.11 Å². The number of aromatic hydroxyl groups is 4. The van der Waals surface area contributed by atoms with Crippen molar-refractivity contribution < 1.29 is 78.0 Å². The fourth-order valence-corrected chi connectivity index (χ4v) is 10.3. The van der Waals surface area contributed by atoms with Gasteiger partial charge >= 0.3 is 12.1 Å². The molecule has 0 radical (unpaired) electrons. The van der Waals surface area contributed by atoms with Gasteiger partial charge in [0.15, 0.2) is 17.5 Å². The summed E-state index contributed by atoms with van der Waals surface area (Å²) in [5.41, 5.74) is 0.0728. The van der Waals surface area contributed by atoms with Crippen molar-refractivity contribution in [3.63, 3.8) is 0 Å². The Labute approximate surface area is 487 Å². The summed E-state index contributed by atoms with van der Waals surface area (Å²) in [4.78, 5) is 103. The molecule has 12 rings (SSSR count). The first kappa shape index (κ1) is 57.2. The minimum Gasteiger partial charge on any atom is -0.508 e. The zero-order chi connectivity index (χ0) is 59.5. The summed E-state index contributed by atoms with van der Waals surface area (Å²) < 4.78 is 23.0. The Morgan fingerprint density at radius 3 is 1.89 bits per heavy atom. The van der Waals surface area contributed by atoms with Crippen molar-refractivity contribution in [2.24, 2.45) is 0 Å². The fraction of sp³-hybridized carbons (Fsp3) is 0.183. The Morgan fingerprint density at radius 1 is 0.607 bits per heavy atom. The van der Waals surface area contributed by atoms with Gasteiger partial charge in [-0.05, 0) is 88.0 Å². The Bertz CT molecular complexity index is 3780. The van der Waals surface area contributed by atoms with E-state index in [9.17, 15) is 44.7 Å². The third-order valence-corrected chi connectivity index (χ3v) is 14.7. The molecule has 11 bridgehead atoms. The number of nitrogens with one attached hydrogen (secondary N) is 6. The molecule has 5 aliphatic rings. The van der Waals surface area contributed by atoms with Crippen LogP contribution < -0.4 is 41.4 Å². The van der Waals surface area contributed by atoms with Crippen LogP contribution in [0.25, 0.3) is 11.1 Å². The quantitative estimate of drug-likeness (QED) is 0.0788. The average molecular weight is 1180 g/mol. The van der Waals surface area contributed by atoms with Crippen molar-refractivity contribution in [1.82, 2.24) is 31.9 Å². The first-order chi connectivity index (χ1) is 40.3. The maximum absolute atomic E-state index is 15.6. The van der Waals surface area contributed by atoms with Crippen molar-refractivity contribution in [2.45, 2.75) is 61.8 Å². The number of amides is 6. The van der Waals surface area contributed by atoms with Crippen LogP contribution in [0.5, 0.6) is 46.0 Å². The number of aliphatic hydroxyl groups excluding tert-OH is 1. The van der Waals surface area contributed by atoms with E-state index in [0.717, 1.165) is 37.4 Å². The number of aliphatic hydroxyl groups is 1. The molecule has 7 aromatic rings. The van der Waals surface area contributed by atoms with E-state index in [2.05, 4.69) is 31.9 Å². The minimum absolute atomic E-state index is 0.0591. The molecule has 0 spiro atoms. The number of fused-ring (bicyclic) bond motifs is 15. The molecule has 7 aromatic carbocycles. The third-order valence-electron chi connectivity index (χ3n) is 14.1. The van der Waals surface area contributed by atoms with E-state index in [1.54, 1.807) is 60.7 Å². The highest BCUT2D eigenvalue weighted by Gasteiger charge is 2.41. The highest BCUT2D eigenvalue weighted by Crippen LogP contribution is 2.47. The summed E-state index contributed by atoms with van der Waals surface area (Å²) in [5.74, 6) is -10.5. The van der Waals surface area contributed by atoms with Gasteiger partial charge in [-0.1, -0.05) is 102 Å². The second kappa shape index (κ2) is 24.2. The van der Waals surface area contributed by atoms with Crippen LogP contribution >= 0.6 is 23.2 Å². The summed E-state index contributed by atoms with van der Waals surface area (Å²) in [6, 6.07) is 22.0. The molecule has 6 amide bonds. The summed E-state index contributed by atoms with van der Waals surface area (Å²) in [7, 11) is 0.986. The number of benzene rings is 7. The number of hydrogen-bond donors (Lipinski definition) is 11. The van der Waals surface area contributed by atoms with Gasteiger partial charge in [0.05, 0.1) is 17.2 Å². The monoisotopic (exact) mass is 1180 g/mol. The van der Waals surface area contributed by atoms with Crippen molar-refractivity contribution in [1.29, 1.82) is 0 Å². The number of phenols is 4. The van der Waals surface area contributed by atoms with Gasteiger partial charge in [0.2, 0.25) is 35.3 Å². The summed E-state index contributed by atoms with van der Waals surface area (Å²) in [6.45, 7) is -0.158. The molecule has 7 atom stereocenters. The van der Waals surface area contributed by atoms with Crippen molar-refractivity contribution in [3.05, 3.63) is 189 Å². The van der Waals surface area contributed by atoms with E-state index in [1.807, 2.05) is 0 Å². The topological polar surface area (TPSA) is 330 Å². The molecule has 0 saturated heterocycles. The first-order valence-electron chi connectivity index (χ1n) is 25.8. The predicted octanol–water partition coefficient (Wildman–Crippen LogP) is 6.54. The second-order valence-electron chi connectivity index (χ2n) is 19.7. The van der Waals surface area contributed by atoms with E-state index in [-0.39, 0.29) is 74.4 Å². The van der Waals surface area contributed by atoms with E-state index < -0.39 is 118 Å². The van der Waals surface area contributed by atoms with Gasteiger partial charge < -0.3 is 76.4 Å². The zero-order valence-electron chi connectivity index (χ0n) is 43.9. The number of phenolic OH excluding ortho intramolecular Hbond substituents is 4. The summed E-state index contributed by atoms with van der Waals surface area (Å²) in [5, 5.41) is 73.2. The Balaban J connectivity index is 1.15. The molecule has 0 aromatic heterocycles. The molecule has 84 heavy (non-hydrogen) atoms. The predicted molar refractivity (Wildman–Crippen MR) is 299 cm³/mol. The van der Waals surface area contributed by atoms with Gasteiger partial charge in [-0.3, -0.25) is 24.0 Å². The van der Waals surface area contributed by atoms with Crippen LogP contribution in [0.4, 0.5) is 4.79 Å². The second-order valence-corrected chi connectivity index (χ2v) is 20.5. The van der Waals surface area contributed by atoms with Gasteiger partial charge in [0.25, 0.3) is 0 Å². The Hall–Kier alpha value is -10.0. The third kappa shape index (κ3) is 12.3. The molecule has 24 heteroatoms. The molecule has 0 saturated carbocycles. The van der Waals surface area contributed by atoms with Crippen molar-refractivity contribution >= 4 is 64.8 Å². The van der Waals surface area contributed by atoms with Crippen LogP contribution in [0.2, 0.25) is 10.0 Å². The maximum Gasteiger partial charge on any atom is 0.408 e. The number of ether oxygens (including phenoxy) is 4. The van der Waals surface area contributed by atoms with Crippen LogP contribution in [0.15, 0.2) is 140 Å². The molecular weight excluding hydrogens is 1130 g/mol. The van der Waals surface area contributed by atoms with Gasteiger partial charge in [0.1, 0.15) is 71.7 Å². The smallest absolute Gasteiger partial charge is 0.408 e. The van der Waals surface area contributed by atoms with Gasteiger partial charge in [-0.15, -0.1) is 0 Å². The first-order valence-corrected chi connectivity index (χ1v) is 26.6. The number of esters is 1. The summed E-state index contributed by atoms with van der Waals surface area (Å²) >= 11 is 13.7. The highest BCUT2D eigenvalue weighted by molar-refractivity contribution is 6.32. The number of methoxy groups -OCH3 is 1. The number of rotatable bonds is 6. The van der Waals surface area contributed by atoms with E-state index in [1.165, 1.54) is 48.5 Å². The number of carbonyl (C=O) groups excluding carboxylic acids is 7. The standard InChI is InChI=1S/C60H50Cl2N6O16/c1-81-59(79)50-36-25-34(69)26-42(71)47(36)35-21-31(13-15-41(35)70)48-56(76)68-51(58(78)67-50)52(72)32-14-17-44(38(62)22-32)84-46-24-33-23-45(53(46)73)83-43-16-12-30(18-37(43)61)20-40(64-60(80)82-27-29-10-6-3-7-11-29)54(74)63-39(19-28-8-4-2-5-9-28)55(75)65-49(33)57(77)66-48/h2-18,21-26,39-40,48-52,69-73H,19-20,27H2,1H3,(H,63,74)(H,64,80)(H,65,75)(H,66,77)(H,67,78)(H,68,76)/t39-,40+,48+,49+,50+,51-,52-/m0/s1. The summed E-state index contributed by atoms with van der Waals surface area (Å²) in [6.07, 6.45) is -3.48. The van der Waals surface area contributed by atoms with E-state index in [0.29, 0.717) is 16.7 Å². The molecule has 5 heterocycles. The Kier molecular flexibility index (Phi) is 16.5. The number of halogens is 2.